The number of nitrogens with one attached hydrogen (secondary N) is 1. The lowest BCUT2D eigenvalue weighted by Crippen LogP contribution is -1.99. The molecule has 75 valence electrons. The predicted molar refractivity (Wildman–Crippen MR) is 57.1 cm³/mol. The fourth-order valence-corrected chi connectivity index (χ4v) is 1.45. The highest BCUT2D eigenvalue weighted by atomic mass is 16.1. The van der Waals surface area contributed by atoms with E-state index in [9.17, 15) is 4.79 Å². The molecule has 1 amide bonds. The maximum Gasteiger partial charge on any atom is 0.269 e. The Morgan fingerprint density at radius 1 is 1.36 bits per heavy atom. The van der Waals surface area contributed by atoms with Crippen LogP contribution >= 0.6 is 0 Å². The van der Waals surface area contributed by atoms with E-state index >= 15 is 0 Å². The summed E-state index contributed by atoms with van der Waals surface area (Å²) in [5.41, 5.74) is 8.65. The monoisotopic (exact) mass is 190 g/mol. The first-order valence-corrected chi connectivity index (χ1v) is 5.09. The number of carbonyl (C=O) groups excluding carboxylic acids is 1. The molecule has 0 aliphatic carbocycles. The van der Waals surface area contributed by atoms with Gasteiger partial charge in [-0.2, -0.15) is 0 Å². The Morgan fingerprint density at radius 3 is 2.79 bits per heavy atom. The lowest BCUT2D eigenvalue weighted by atomic mass is 10.0. The van der Waals surface area contributed by atoms with Crippen LogP contribution in [-0.2, 0) is 6.42 Å². The molecule has 0 aliphatic rings. The summed E-state index contributed by atoms with van der Waals surface area (Å²) in [6.45, 7) is 2.17. The van der Waals surface area contributed by atoms with Gasteiger partial charge in [-0.25, -0.2) is 0 Å². The van der Waals surface area contributed by atoms with Gasteiger partial charge >= 0.3 is 0 Å². The lowest BCUT2D eigenvalue weighted by molar-refractivity contribution is 0.0992. The number of hydrogen-bond donors (Lipinski definition) is 0. The fourth-order valence-electron chi connectivity index (χ4n) is 1.45. The van der Waals surface area contributed by atoms with Crippen molar-refractivity contribution in [2.75, 3.05) is 0 Å². The topological polar surface area (TPSA) is 40.9 Å². The van der Waals surface area contributed by atoms with Crippen molar-refractivity contribution in [3.63, 3.8) is 0 Å². The quantitative estimate of drug-likeness (QED) is 0.658. The Hall–Kier alpha value is -1.31. The van der Waals surface area contributed by atoms with Crippen LogP contribution in [0.2, 0.25) is 0 Å². The molecule has 0 heterocycles. The van der Waals surface area contributed by atoms with E-state index in [1.165, 1.54) is 12.8 Å². The van der Waals surface area contributed by atoms with Gasteiger partial charge < -0.3 is 0 Å². The normalized spacial score (nSPS) is 10.1. The van der Waals surface area contributed by atoms with E-state index in [4.69, 9.17) is 5.73 Å². The maximum atomic E-state index is 10.8. The van der Waals surface area contributed by atoms with Crippen LogP contribution in [0.25, 0.3) is 0 Å². The molecule has 14 heavy (non-hydrogen) atoms. The highest BCUT2D eigenvalue weighted by Crippen LogP contribution is 2.09. The summed E-state index contributed by atoms with van der Waals surface area (Å²) < 4.78 is 0. The number of amides is 1. The Balaban J connectivity index is 2.59. The number of aryl methyl sites for hydroxylation is 1. The largest absolute Gasteiger partial charge is 0.269 e. The van der Waals surface area contributed by atoms with Gasteiger partial charge in [0.05, 0.1) is 0 Å². The van der Waals surface area contributed by atoms with Crippen molar-refractivity contribution < 1.29 is 4.79 Å². The summed E-state index contributed by atoms with van der Waals surface area (Å²) in [4.78, 5) is 10.8. The van der Waals surface area contributed by atoms with Crippen LogP contribution in [0.3, 0.4) is 0 Å². The average molecular weight is 190 g/mol. The van der Waals surface area contributed by atoms with Gasteiger partial charge in [-0.05, 0) is 30.5 Å². The van der Waals surface area contributed by atoms with E-state index in [1.807, 2.05) is 18.2 Å². The number of unbranched alkanes of at least 4 members (excludes halogenated alkanes) is 2. The molecule has 1 N–H and O–H groups in total. The molecule has 0 bridgehead atoms. The summed E-state index contributed by atoms with van der Waals surface area (Å²) >= 11 is 0. The van der Waals surface area contributed by atoms with Gasteiger partial charge in [0.2, 0.25) is 0 Å². The second kappa shape index (κ2) is 5.43. The van der Waals surface area contributed by atoms with Crippen LogP contribution < -0.4 is 5.73 Å². The van der Waals surface area contributed by atoms with Crippen molar-refractivity contribution in [1.82, 2.24) is 5.73 Å². The fraction of sp³-hybridized carbons (Fsp3) is 0.417. The van der Waals surface area contributed by atoms with Gasteiger partial charge in [0.1, 0.15) is 0 Å². The number of hydrogen-bond acceptors (Lipinski definition) is 1. The van der Waals surface area contributed by atoms with E-state index in [0.717, 1.165) is 18.4 Å². The van der Waals surface area contributed by atoms with E-state index in [1.54, 1.807) is 6.07 Å². The molecule has 0 atom stereocenters. The third-order valence-electron chi connectivity index (χ3n) is 2.26. The van der Waals surface area contributed by atoms with E-state index in [2.05, 4.69) is 6.92 Å². The third-order valence-corrected chi connectivity index (χ3v) is 2.26. The zero-order valence-electron chi connectivity index (χ0n) is 8.55. The predicted octanol–water partition coefficient (Wildman–Crippen LogP) is 2.84. The molecule has 2 heteroatoms. The minimum absolute atomic E-state index is 0.499. The molecule has 0 spiro atoms. The maximum absolute atomic E-state index is 10.8. The van der Waals surface area contributed by atoms with Crippen LogP contribution in [0.15, 0.2) is 24.3 Å². The van der Waals surface area contributed by atoms with Crippen LogP contribution in [0.1, 0.15) is 42.1 Å². The van der Waals surface area contributed by atoms with Crippen molar-refractivity contribution in [3.05, 3.63) is 35.4 Å². The van der Waals surface area contributed by atoms with E-state index < -0.39 is 5.91 Å². The zero-order valence-corrected chi connectivity index (χ0v) is 8.55. The van der Waals surface area contributed by atoms with Gasteiger partial charge in [0.15, 0.2) is 0 Å². The molecule has 2 nitrogen and oxygen atoms in total. The zero-order chi connectivity index (χ0) is 10.4. The molecule has 0 fully saturated rings. The molecule has 0 aliphatic heterocycles. The van der Waals surface area contributed by atoms with Crippen LogP contribution in [0, 0.1) is 0 Å². The Kier molecular flexibility index (Phi) is 4.17. The summed E-state index contributed by atoms with van der Waals surface area (Å²) in [6.07, 6.45) is 4.59. The minimum atomic E-state index is -0.595. The number of benzene rings is 1. The highest BCUT2D eigenvalue weighted by Gasteiger charge is 2.01. The molecule has 0 unspecified atom stereocenters. The SMILES string of the molecule is CCCCCc1cccc(C([NH])=O)c1. The molecule has 1 radical (unpaired) electrons. The molecule has 1 aromatic rings. The van der Waals surface area contributed by atoms with Crippen molar-refractivity contribution in [3.8, 4) is 0 Å². The first kappa shape index (κ1) is 10.8. The summed E-state index contributed by atoms with van der Waals surface area (Å²) in [7, 11) is 0. The van der Waals surface area contributed by atoms with Crippen LogP contribution in [0.5, 0.6) is 0 Å². The first-order valence-electron chi connectivity index (χ1n) is 5.09. The lowest BCUT2D eigenvalue weighted by Gasteiger charge is -2.01. The summed E-state index contributed by atoms with van der Waals surface area (Å²) in [5.74, 6) is -0.595. The number of carbonyl (C=O) groups is 1. The highest BCUT2D eigenvalue weighted by molar-refractivity contribution is 5.92. The second-order valence-electron chi connectivity index (χ2n) is 3.49. The van der Waals surface area contributed by atoms with Gasteiger partial charge in [0, 0.05) is 5.56 Å². The van der Waals surface area contributed by atoms with Crippen molar-refractivity contribution >= 4 is 5.91 Å². The molecule has 0 aromatic heterocycles. The molecule has 1 aromatic carbocycles. The Morgan fingerprint density at radius 2 is 2.14 bits per heavy atom. The standard InChI is InChI=1S/C12H16NO/c1-2-3-4-6-10-7-5-8-11(9-10)12(13)14/h5,7-9,13H,2-4,6H2,1H3. The van der Waals surface area contributed by atoms with Crippen molar-refractivity contribution in [2.45, 2.75) is 32.6 Å². The van der Waals surface area contributed by atoms with Gasteiger partial charge in [-0.1, -0.05) is 31.9 Å². The molecule has 0 saturated heterocycles. The number of rotatable bonds is 5. The van der Waals surface area contributed by atoms with Crippen LogP contribution in [0.4, 0.5) is 0 Å². The molecular formula is C12H16NO. The second-order valence-corrected chi connectivity index (χ2v) is 3.49. The Labute approximate surface area is 85.1 Å². The van der Waals surface area contributed by atoms with Gasteiger partial charge in [0.25, 0.3) is 5.91 Å². The summed E-state index contributed by atoms with van der Waals surface area (Å²) in [6, 6.07) is 7.38. The van der Waals surface area contributed by atoms with Crippen LogP contribution in [-0.4, -0.2) is 5.91 Å². The van der Waals surface area contributed by atoms with Crippen molar-refractivity contribution in [2.24, 2.45) is 0 Å². The smallest absolute Gasteiger partial charge is 0.267 e. The first-order chi connectivity index (χ1) is 6.74. The minimum Gasteiger partial charge on any atom is -0.267 e. The third kappa shape index (κ3) is 3.21. The van der Waals surface area contributed by atoms with E-state index in [0.29, 0.717) is 5.56 Å². The molecule has 1 rings (SSSR count). The van der Waals surface area contributed by atoms with Gasteiger partial charge in [-0.15, -0.1) is 0 Å². The molecule has 0 saturated carbocycles. The van der Waals surface area contributed by atoms with E-state index in [-0.39, 0.29) is 0 Å². The van der Waals surface area contributed by atoms with Gasteiger partial charge in [-0.3, -0.25) is 10.5 Å². The summed E-state index contributed by atoms with van der Waals surface area (Å²) in [5, 5.41) is 0. The Bertz CT molecular complexity index is 307. The van der Waals surface area contributed by atoms with Crippen molar-refractivity contribution in [1.29, 1.82) is 0 Å². The molecular weight excluding hydrogens is 174 g/mol. The average Bonchev–Trinajstić information content (AvgIpc) is 2.19.